The maximum absolute atomic E-state index is 11.0. The van der Waals surface area contributed by atoms with Crippen molar-refractivity contribution in [1.82, 2.24) is 4.90 Å². The van der Waals surface area contributed by atoms with Crippen LogP contribution in [0, 0.1) is 0 Å². The third kappa shape index (κ3) is 3.24. The molecule has 0 aliphatic rings. The summed E-state index contributed by atoms with van der Waals surface area (Å²) in [6.07, 6.45) is 0.492. The van der Waals surface area contributed by atoms with Gasteiger partial charge in [-0.3, -0.25) is 9.69 Å². The van der Waals surface area contributed by atoms with E-state index in [0.29, 0.717) is 6.42 Å². The number of rotatable bonds is 5. The van der Waals surface area contributed by atoms with Crippen molar-refractivity contribution in [3.8, 4) is 5.75 Å². The molecule has 0 heterocycles. The number of benzene rings is 1. The molecule has 4 nitrogen and oxygen atoms in total. The fourth-order valence-corrected chi connectivity index (χ4v) is 1.48. The second-order valence-corrected chi connectivity index (χ2v) is 3.87. The first-order valence-corrected chi connectivity index (χ1v) is 5.06. The van der Waals surface area contributed by atoms with E-state index in [4.69, 9.17) is 9.84 Å². The summed E-state index contributed by atoms with van der Waals surface area (Å²) in [5, 5.41) is 9.04. The molecule has 0 aromatic heterocycles. The van der Waals surface area contributed by atoms with Crippen LogP contribution < -0.4 is 4.74 Å². The number of hydrogen-bond acceptors (Lipinski definition) is 3. The Hall–Kier alpha value is -1.55. The summed E-state index contributed by atoms with van der Waals surface area (Å²) >= 11 is 0. The van der Waals surface area contributed by atoms with E-state index in [-0.39, 0.29) is 0 Å². The molecule has 0 aliphatic heterocycles. The van der Waals surface area contributed by atoms with Gasteiger partial charge < -0.3 is 9.84 Å². The van der Waals surface area contributed by atoms with Crippen molar-refractivity contribution >= 4 is 5.97 Å². The zero-order valence-corrected chi connectivity index (χ0v) is 9.80. The molecular formula is C12H17NO3. The summed E-state index contributed by atoms with van der Waals surface area (Å²) in [6.45, 7) is 0. The van der Waals surface area contributed by atoms with Gasteiger partial charge in [-0.25, -0.2) is 0 Å². The molecule has 1 N–H and O–H groups in total. The number of nitrogens with zero attached hydrogens (tertiary/aromatic N) is 1. The first kappa shape index (κ1) is 12.5. The Bertz CT molecular complexity index is 346. The number of carbonyl (C=O) groups is 1. The largest absolute Gasteiger partial charge is 0.497 e. The number of carboxylic acid groups (broad SMARTS) is 1. The van der Waals surface area contributed by atoms with E-state index in [9.17, 15) is 4.79 Å². The standard InChI is InChI=1S/C12H17NO3/c1-13(2)11(12(14)15)8-9-4-6-10(16-3)7-5-9/h4-7,11H,8H2,1-3H3,(H,14,15)/t11-/m0/s1. The predicted molar refractivity (Wildman–Crippen MR) is 61.8 cm³/mol. The van der Waals surface area contributed by atoms with Crippen molar-refractivity contribution in [1.29, 1.82) is 0 Å². The Morgan fingerprint density at radius 1 is 1.38 bits per heavy atom. The lowest BCUT2D eigenvalue weighted by Gasteiger charge is -2.19. The predicted octanol–water partition coefficient (Wildman–Crippen LogP) is 1.25. The van der Waals surface area contributed by atoms with E-state index in [1.807, 2.05) is 24.3 Å². The summed E-state index contributed by atoms with van der Waals surface area (Å²) in [7, 11) is 5.14. The fourth-order valence-electron chi connectivity index (χ4n) is 1.48. The highest BCUT2D eigenvalue weighted by Gasteiger charge is 2.19. The lowest BCUT2D eigenvalue weighted by Crippen LogP contribution is -2.37. The van der Waals surface area contributed by atoms with E-state index >= 15 is 0 Å². The molecule has 1 atom stereocenters. The third-order valence-corrected chi connectivity index (χ3v) is 2.50. The fraction of sp³-hybridized carbons (Fsp3) is 0.417. The monoisotopic (exact) mass is 223 g/mol. The summed E-state index contributed by atoms with van der Waals surface area (Å²) in [6, 6.07) is 6.96. The molecule has 0 aliphatic carbocycles. The Morgan fingerprint density at radius 2 is 1.94 bits per heavy atom. The van der Waals surface area contributed by atoms with Gasteiger partial charge in [-0.15, -0.1) is 0 Å². The normalized spacial score (nSPS) is 12.5. The van der Waals surface area contributed by atoms with Crippen molar-refractivity contribution in [2.75, 3.05) is 21.2 Å². The average Bonchev–Trinajstić information content (AvgIpc) is 2.25. The molecule has 4 heteroatoms. The van der Waals surface area contributed by atoms with Gasteiger partial charge in [0.25, 0.3) is 0 Å². The first-order valence-electron chi connectivity index (χ1n) is 5.06. The van der Waals surface area contributed by atoms with Gasteiger partial charge in [-0.1, -0.05) is 12.1 Å². The molecule has 16 heavy (non-hydrogen) atoms. The lowest BCUT2D eigenvalue weighted by atomic mass is 10.1. The molecule has 0 unspecified atom stereocenters. The zero-order valence-electron chi connectivity index (χ0n) is 9.80. The van der Waals surface area contributed by atoms with Crippen LogP contribution in [0.2, 0.25) is 0 Å². The minimum Gasteiger partial charge on any atom is -0.497 e. The van der Waals surface area contributed by atoms with Crippen LogP contribution in [0.25, 0.3) is 0 Å². The van der Waals surface area contributed by atoms with E-state index in [0.717, 1.165) is 11.3 Å². The van der Waals surface area contributed by atoms with Crippen LogP contribution in [-0.2, 0) is 11.2 Å². The smallest absolute Gasteiger partial charge is 0.321 e. The number of methoxy groups -OCH3 is 1. The molecule has 0 saturated heterocycles. The number of ether oxygens (including phenoxy) is 1. The molecule has 1 aromatic rings. The van der Waals surface area contributed by atoms with Gasteiger partial charge in [-0.05, 0) is 38.2 Å². The Balaban J connectivity index is 2.74. The van der Waals surface area contributed by atoms with Crippen molar-refractivity contribution < 1.29 is 14.6 Å². The van der Waals surface area contributed by atoms with Crippen molar-refractivity contribution in [3.05, 3.63) is 29.8 Å². The van der Waals surface area contributed by atoms with Gasteiger partial charge in [-0.2, -0.15) is 0 Å². The van der Waals surface area contributed by atoms with Crippen LogP contribution in [0.5, 0.6) is 5.75 Å². The van der Waals surface area contributed by atoms with Crippen molar-refractivity contribution in [3.63, 3.8) is 0 Å². The quantitative estimate of drug-likeness (QED) is 0.816. The molecule has 0 bridgehead atoms. The summed E-state index contributed by atoms with van der Waals surface area (Å²) < 4.78 is 5.04. The minimum absolute atomic E-state index is 0.492. The molecule has 1 aromatic carbocycles. The molecule has 1 rings (SSSR count). The van der Waals surface area contributed by atoms with E-state index in [1.54, 1.807) is 26.1 Å². The lowest BCUT2D eigenvalue weighted by molar-refractivity contribution is -0.142. The molecule has 0 spiro atoms. The second-order valence-electron chi connectivity index (χ2n) is 3.87. The highest BCUT2D eigenvalue weighted by atomic mass is 16.5. The van der Waals surface area contributed by atoms with E-state index in [1.165, 1.54) is 0 Å². The Kier molecular flexibility index (Phi) is 4.31. The molecule has 0 amide bonds. The van der Waals surface area contributed by atoms with Gasteiger partial charge in [0, 0.05) is 0 Å². The van der Waals surface area contributed by atoms with Gasteiger partial charge in [0.1, 0.15) is 11.8 Å². The molecule has 88 valence electrons. The van der Waals surface area contributed by atoms with Crippen LogP contribution in [-0.4, -0.2) is 43.2 Å². The molecule has 0 fully saturated rings. The zero-order chi connectivity index (χ0) is 12.1. The van der Waals surface area contributed by atoms with Crippen LogP contribution in [0.1, 0.15) is 5.56 Å². The van der Waals surface area contributed by atoms with Crippen molar-refractivity contribution in [2.45, 2.75) is 12.5 Å². The Labute approximate surface area is 95.5 Å². The molecule has 0 saturated carbocycles. The van der Waals surface area contributed by atoms with Crippen molar-refractivity contribution in [2.24, 2.45) is 0 Å². The average molecular weight is 223 g/mol. The van der Waals surface area contributed by atoms with Gasteiger partial charge in [0.05, 0.1) is 7.11 Å². The topological polar surface area (TPSA) is 49.8 Å². The van der Waals surface area contributed by atoms with Gasteiger partial charge in [0.15, 0.2) is 0 Å². The summed E-state index contributed by atoms with van der Waals surface area (Å²) in [4.78, 5) is 12.7. The SMILES string of the molecule is COc1ccc(C[C@@H](C(=O)O)N(C)C)cc1. The molecule has 0 radical (unpaired) electrons. The highest BCUT2D eigenvalue weighted by molar-refractivity contribution is 5.73. The van der Waals surface area contributed by atoms with Crippen LogP contribution in [0.4, 0.5) is 0 Å². The Morgan fingerprint density at radius 3 is 2.31 bits per heavy atom. The maximum Gasteiger partial charge on any atom is 0.321 e. The minimum atomic E-state index is -0.805. The summed E-state index contributed by atoms with van der Waals surface area (Å²) in [5.74, 6) is -0.0266. The second kappa shape index (κ2) is 5.51. The highest BCUT2D eigenvalue weighted by Crippen LogP contribution is 2.13. The van der Waals surface area contributed by atoms with E-state index < -0.39 is 12.0 Å². The van der Waals surface area contributed by atoms with Gasteiger partial charge >= 0.3 is 5.97 Å². The van der Waals surface area contributed by atoms with Crippen LogP contribution in [0.15, 0.2) is 24.3 Å². The van der Waals surface area contributed by atoms with Gasteiger partial charge in [0.2, 0.25) is 0 Å². The number of carboxylic acids is 1. The summed E-state index contributed by atoms with van der Waals surface area (Å²) in [5.41, 5.74) is 0.988. The first-order chi connectivity index (χ1) is 7.54. The maximum atomic E-state index is 11.0. The van der Waals surface area contributed by atoms with Crippen LogP contribution >= 0.6 is 0 Å². The number of likely N-dealkylation sites (N-methyl/N-ethyl adjacent to an activating group) is 1. The van der Waals surface area contributed by atoms with E-state index in [2.05, 4.69) is 0 Å². The molecular weight excluding hydrogens is 206 g/mol. The number of aliphatic carboxylic acids is 1. The van der Waals surface area contributed by atoms with Crippen LogP contribution in [0.3, 0.4) is 0 Å². The number of hydrogen-bond donors (Lipinski definition) is 1. The third-order valence-electron chi connectivity index (χ3n) is 2.50.